The average molecular weight is 1010 g/mol. The number of hydrogen-bond donors (Lipinski definition) is 4. The molecule has 14 atom stereocenters. The molecule has 7 unspecified atom stereocenters. The van der Waals surface area contributed by atoms with Gasteiger partial charge in [-0.3, -0.25) is 19.2 Å². The first-order valence-electron chi connectivity index (χ1n) is 25.1. The number of allylic oxidation sites excluding steroid dienone is 6. The topological polar surface area (TPSA) is 242 Å². The number of aliphatic hydroxyl groups is 3. The maximum absolute atomic E-state index is 14.1. The molecule has 2 saturated carbocycles. The Balaban J connectivity index is 1.67. The van der Waals surface area contributed by atoms with E-state index in [1.165, 1.54) is 21.1 Å². The number of carbonyl (C=O) groups excluding carboxylic acids is 5. The van der Waals surface area contributed by atoms with Crippen LogP contribution in [0.1, 0.15) is 126 Å². The van der Waals surface area contributed by atoms with E-state index >= 15 is 0 Å². The number of sulfonamides is 1. The van der Waals surface area contributed by atoms with E-state index in [0.29, 0.717) is 43.3 Å². The van der Waals surface area contributed by atoms with Gasteiger partial charge in [-0.25, -0.2) is 17.9 Å². The molecule has 2 aliphatic carbocycles. The number of esters is 1. The van der Waals surface area contributed by atoms with E-state index in [1.807, 2.05) is 13.0 Å². The summed E-state index contributed by atoms with van der Waals surface area (Å²) in [6, 6.07) is -2.25. The van der Waals surface area contributed by atoms with Crippen LogP contribution in [0.4, 0.5) is 0 Å². The minimum Gasteiger partial charge on any atom is -0.460 e. The second-order valence-corrected chi connectivity index (χ2v) is 22.2. The van der Waals surface area contributed by atoms with Gasteiger partial charge >= 0.3 is 5.97 Å². The Morgan fingerprint density at radius 1 is 0.900 bits per heavy atom. The Kier molecular flexibility index (Phi) is 22.8. The van der Waals surface area contributed by atoms with Crippen molar-refractivity contribution in [3.8, 4) is 0 Å². The first kappa shape index (κ1) is 59.1. The largest absolute Gasteiger partial charge is 0.460 e. The van der Waals surface area contributed by atoms with E-state index in [2.05, 4.69) is 4.72 Å². The van der Waals surface area contributed by atoms with Gasteiger partial charge in [0.2, 0.25) is 15.8 Å². The highest BCUT2D eigenvalue weighted by atomic mass is 32.2. The molecule has 1 amide bonds. The van der Waals surface area contributed by atoms with Crippen molar-refractivity contribution in [2.24, 2.45) is 29.6 Å². The van der Waals surface area contributed by atoms with Crippen LogP contribution >= 0.6 is 0 Å². The fourth-order valence-electron chi connectivity index (χ4n) is 9.62. The summed E-state index contributed by atoms with van der Waals surface area (Å²) in [5.74, 6) is -9.52. The van der Waals surface area contributed by atoms with Gasteiger partial charge in [-0.1, -0.05) is 69.7 Å². The second kappa shape index (κ2) is 27.0. The van der Waals surface area contributed by atoms with Gasteiger partial charge in [-0.05, 0) is 109 Å². The number of amides is 1. The summed E-state index contributed by atoms with van der Waals surface area (Å²) in [4.78, 5) is 70.8. The third kappa shape index (κ3) is 16.5. The van der Waals surface area contributed by atoms with Crippen LogP contribution in [0.3, 0.4) is 0 Å². The standard InChI is InChI=1S/C52H82N2O15S/c1-31-16-14-12-11-13-15-17-32(2)46(57)48(66-10)47(58)35(5)26-33(3)42(56)30-44(34(4)27-38-19-23-43(45(28-38)65-9)67-39-21-22-39)68-51(61)37(7)54(8)50(60)49(59)52(62)36(6)18-20-40(69-52)29-41(31)53-70(63,64)25-24-55/h11-14,16,26,32-34,36-41,43-45,47-48,53,55,58,62H,15,17-25,27-30H2,1-10H3/b13-11+,14-12+,31-16+,35-26+/t32?,33?,34-,36+,37?,38+,40-,41?,43-,44?,45-,47?,48?,52+/m1/s1. The fraction of sp³-hybridized carbons (Fsp3) is 0.750. The number of ether oxygens (including phenoxy) is 5. The molecule has 18 heteroatoms. The van der Waals surface area contributed by atoms with Crippen molar-refractivity contribution in [3.05, 3.63) is 47.6 Å². The molecule has 0 spiro atoms. The Hall–Kier alpha value is -3.46. The summed E-state index contributed by atoms with van der Waals surface area (Å²) in [5.41, 5.74) is 0.908. The molecule has 0 aromatic heterocycles. The molecule has 0 aromatic rings. The van der Waals surface area contributed by atoms with E-state index in [4.69, 9.17) is 23.7 Å². The van der Waals surface area contributed by atoms with E-state index in [1.54, 1.807) is 72.1 Å². The zero-order valence-electron chi connectivity index (χ0n) is 43.0. The van der Waals surface area contributed by atoms with Crippen molar-refractivity contribution in [1.29, 1.82) is 0 Å². The number of carbonyl (C=O) groups is 5. The number of hydrogen-bond acceptors (Lipinski definition) is 15. The number of likely N-dealkylation sites (N-methyl/N-ethyl adjacent to an activating group) is 1. The monoisotopic (exact) mass is 1010 g/mol. The van der Waals surface area contributed by atoms with Crippen molar-refractivity contribution >= 4 is 39.2 Å². The number of nitrogens with one attached hydrogen (secondary N) is 1. The molecule has 2 aliphatic heterocycles. The Morgan fingerprint density at radius 3 is 2.24 bits per heavy atom. The molecule has 1 saturated heterocycles. The lowest BCUT2D eigenvalue weighted by atomic mass is 9.78. The highest BCUT2D eigenvalue weighted by Crippen LogP contribution is 2.38. The average Bonchev–Trinajstić information content (AvgIpc) is 4.14. The van der Waals surface area contributed by atoms with E-state index in [9.17, 15) is 47.7 Å². The summed E-state index contributed by atoms with van der Waals surface area (Å²) < 4.78 is 58.3. The predicted molar refractivity (Wildman–Crippen MR) is 262 cm³/mol. The van der Waals surface area contributed by atoms with Crippen molar-refractivity contribution in [2.45, 2.75) is 186 Å². The minimum absolute atomic E-state index is 0.0139. The lowest BCUT2D eigenvalue weighted by molar-refractivity contribution is -0.263. The highest BCUT2D eigenvalue weighted by molar-refractivity contribution is 7.89. The maximum atomic E-state index is 14.1. The zero-order valence-corrected chi connectivity index (χ0v) is 43.9. The third-order valence-corrected chi connectivity index (χ3v) is 16.1. The highest BCUT2D eigenvalue weighted by Gasteiger charge is 2.52. The van der Waals surface area contributed by atoms with Crippen LogP contribution in [-0.4, -0.2) is 152 Å². The normalized spacial score (nSPS) is 37.7. The van der Waals surface area contributed by atoms with Gasteiger partial charge in [0.1, 0.15) is 30.1 Å². The molecule has 4 aliphatic rings. The lowest BCUT2D eigenvalue weighted by Gasteiger charge is -2.42. The number of aliphatic hydroxyl groups excluding tert-OH is 2. The molecule has 396 valence electrons. The minimum atomic E-state index is -3.99. The van der Waals surface area contributed by atoms with Gasteiger partial charge in [0.15, 0.2) is 5.78 Å². The first-order valence-corrected chi connectivity index (χ1v) is 26.8. The van der Waals surface area contributed by atoms with Crippen LogP contribution in [-0.2, 0) is 57.7 Å². The molecule has 0 aromatic carbocycles. The Morgan fingerprint density at radius 2 is 1.60 bits per heavy atom. The predicted octanol–water partition coefficient (Wildman–Crippen LogP) is 4.85. The molecule has 4 rings (SSSR count). The van der Waals surface area contributed by atoms with Gasteiger partial charge in [-0.2, -0.15) is 0 Å². The van der Waals surface area contributed by atoms with E-state index < -0.39 is 100 Å². The van der Waals surface area contributed by atoms with Crippen LogP contribution in [0.15, 0.2) is 47.6 Å². The van der Waals surface area contributed by atoms with Crippen molar-refractivity contribution in [1.82, 2.24) is 9.62 Å². The van der Waals surface area contributed by atoms with Crippen LogP contribution in [0, 0.1) is 29.6 Å². The molecular formula is C52H82N2O15S. The van der Waals surface area contributed by atoms with E-state index in [0.717, 1.165) is 30.6 Å². The number of fused-ring (bicyclic) bond motifs is 2. The molecule has 2 bridgehead atoms. The number of methoxy groups -OCH3 is 2. The maximum Gasteiger partial charge on any atom is 0.328 e. The van der Waals surface area contributed by atoms with Gasteiger partial charge in [-0.15, -0.1) is 0 Å². The molecule has 3 fully saturated rings. The number of nitrogens with zero attached hydrogens (tertiary/aromatic N) is 1. The zero-order chi connectivity index (χ0) is 52.1. The summed E-state index contributed by atoms with van der Waals surface area (Å²) in [5, 5.41) is 32.7. The van der Waals surface area contributed by atoms with E-state index in [-0.39, 0.29) is 61.0 Å². The summed E-state index contributed by atoms with van der Waals surface area (Å²) in [6.45, 7) is 11.0. The van der Waals surface area contributed by atoms with Crippen LogP contribution in [0.25, 0.3) is 0 Å². The summed E-state index contributed by atoms with van der Waals surface area (Å²) >= 11 is 0. The SMILES string of the molecule is COC1C(=O)C(C)CC/C=C/C=C/C=C(\C)C(NS(=O)(=O)CCO)C[C@H]2CC[C@H](C)[C@](O)(O2)C(=O)C(=O)N(C)C(C)C(=O)OC([C@H](C)C[C@@H]2CC[C@@H](OC3CC3)[C@H](OC)C2)CC(=O)C(C)/C=C(\C)C1O. The Labute approximate surface area is 415 Å². The van der Waals surface area contributed by atoms with Crippen molar-refractivity contribution in [3.63, 3.8) is 0 Å². The molecule has 70 heavy (non-hydrogen) atoms. The molecule has 4 N–H and O–H groups in total. The fourth-order valence-corrected chi connectivity index (χ4v) is 10.7. The number of ketones is 3. The lowest BCUT2D eigenvalue weighted by Crippen LogP contribution is -2.59. The molecule has 0 radical (unpaired) electrons. The number of Topliss-reactive ketones (excluding diaryl/α,β-unsaturated/α-hetero) is 3. The Bertz CT molecular complexity index is 2030. The van der Waals surface area contributed by atoms with Gasteiger partial charge in [0.25, 0.3) is 11.7 Å². The summed E-state index contributed by atoms with van der Waals surface area (Å²) in [7, 11) is 0.265. The smallest absolute Gasteiger partial charge is 0.328 e. The van der Waals surface area contributed by atoms with Crippen LogP contribution in [0.2, 0.25) is 0 Å². The van der Waals surface area contributed by atoms with Gasteiger partial charge < -0.3 is 43.9 Å². The quantitative estimate of drug-likeness (QED) is 0.123. The van der Waals surface area contributed by atoms with Crippen molar-refractivity contribution < 1.29 is 71.4 Å². The van der Waals surface area contributed by atoms with Crippen molar-refractivity contribution in [2.75, 3.05) is 33.6 Å². The number of cyclic esters (lactones) is 1. The van der Waals surface area contributed by atoms with Crippen LogP contribution in [0.5, 0.6) is 0 Å². The van der Waals surface area contributed by atoms with Crippen LogP contribution < -0.4 is 4.72 Å². The third-order valence-electron chi connectivity index (χ3n) is 14.7. The first-order chi connectivity index (χ1) is 33.0. The second-order valence-electron chi connectivity index (χ2n) is 20.4. The molecule has 17 nitrogen and oxygen atoms in total. The van der Waals surface area contributed by atoms with Gasteiger partial charge in [0.05, 0.1) is 36.8 Å². The number of rotatable bonds is 11. The molecule has 2 heterocycles. The van der Waals surface area contributed by atoms with Gasteiger partial charge in [0, 0.05) is 51.5 Å². The summed E-state index contributed by atoms with van der Waals surface area (Å²) in [6.07, 6.45) is 12.4. The molecular weight excluding hydrogens is 925 g/mol.